The van der Waals surface area contributed by atoms with Crippen LogP contribution in [0.4, 0.5) is 8.78 Å². The van der Waals surface area contributed by atoms with E-state index in [4.69, 9.17) is 4.74 Å². The minimum absolute atomic E-state index is 0.275. The first-order chi connectivity index (χ1) is 8.37. The summed E-state index contributed by atoms with van der Waals surface area (Å²) in [5, 5.41) is 0. The summed E-state index contributed by atoms with van der Waals surface area (Å²) in [5.41, 5.74) is 2.52. The van der Waals surface area contributed by atoms with Crippen molar-refractivity contribution in [2.75, 3.05) is 0 Å². The lowest BCUT2D eigenvalue weighted by Gasteiger charge is -2.18. The highest BCUT2D eigenvalue weighted by molar-refractivity contribution is 5.45. The standard InChI is InChI=1S/C15H18F2O/c1-14(7-8-14)11-5-6-13(18-15(2,16)17)12(9-11)10-3-4-10/h5-6,9-10H,3-4,7-8H2,1-2H3. The summed E-state index contributed by atoms with van der Waals surface area (Å²) in [4.78, 5) is 0. The highest BCUT2D eigenvalue weighted by Crippen LogP contribution is 2.51. The zero-order chi connectivity index (χ0) is 13.0. The maximum Gasteiger partial charge on any atom is 0.394 e. The molecule has 0 aliphatic heterocycles. The highest BCUT2D eigenvalue weighted by Gasteiger charge is 2.40. The molecule has 1 aromatic carbocycles. The first kappa shape index (κ1) is 11.9. The Balaban J connectivity index is 1.94. The third kappa shape index (κ3) is 2.36. The molecular weight excluding hydrogens is 234 g/mol. The van der Waals surface area contributed by atoms with Gasteiger partial charge >= 0.3 is 6.11 Å². The predicted molar refractivity (Wildman–Crippen MR) is 66.3 cm³/mol. The van der Waals surface area contributed by atoms with Crippen LogP contribution in [0.15, 0.2) is 18.2 Å². The van der Waals surface area contributed by atoms with Crippen molar-refractivity contribution in [1.29, 1.82) is 0 Å². The number of rotatable bonds is 4. The van der Waals surface area contributed by atoms with E-state index >= 15 is 0 Å². The first-order valence-electron chi connectivity index (χ1n) is 6.59. The van der Waals surface area contributed by atoms with Crippen LogP contribution in [-0.4, -0.2) is 6.11 Å². The second-order valence-corrected chi connectivity index (χ2v) is 6.00. The monoisotopic (exact) mass is 252 g/mol. The fraction of sp³-hybridized carbons (Fsp3) is 0.600. The molecule has 0 amide bonds. The van der Waals surface area contributed by atoms with Crippen molar-refractivity contribution in [3.8, 4) is 5.75 Å². The molecule has 2 aliphatic rings. The molecule has 2 aliphatic carbocycles. The van der Waals surface area contributed by atoms with Crippen molar-refractivity contribution >= 4 is 0 Å². The van der Waals surface area contributed by atoms with E-state index < -0.39 is 6.11 Å². The van der Waals surface area contributed by atoms with Crippen LogP contribution >= 0.6 is 0 Å². The van der Waals surface area contributed by atoms with Gasteiger partial charge in [0.1, 0.15) is 5.75 Å². The highest BCUT2D eigenvalue weighted by atomic mass is 19.3. The third-order valence-corrected chi connectivity index (χ3v) is 4.01. The van der Waals surface area contributed by atoms with E-state index in [2.05, 4.69) is 13.0 Å². The fourth-order valence-electron chi connectivity index (χ4n) is 2.40. The molecule has 0 bridgehead atoms. The van der Waals surface area contributed by atoms with Crippen LogP contribution in [0.5, 0.6) is 5.75 Å². The summed E-state index contributed by atoms with van der Waals surface area (Å²) in [5.74, 6) is 0.780. The average molecular weight is 252 g/mol. The number of benzene rings is 1. The molecule has 0 atom stereocenters. The molecule has 3 heteroatoms. The molecule has 0 saturated heterocycles. The minimum atomic E-state index is -3.10. The van der Waals surface area contributed by atoms with Crippen LogP contribution in [0.2, 0.25) is 0 Å². The molecule has 0 heterocycles. The lowest BCUT2D eigenvalue weighted by atomic mass is 9.94. The lowest BCUT2D eigenvalue weighted by molar-refractivity contribution is -0.159. The normalized spacial score (nSPS) is 21.8. The van der Waals surface area contributed by atoms with E-state index in [0.717, 1.165) is 25.3 Å². The molecule has 0 unspecified atom stereocenters. The molecular formula is C15H18F2O. The Bertz CT molecular complexity index is 468. The van der Waals surface area contributed by atoms with Crippen molar-refractivity contribution in [3.63, 3.8) is 0 Å². The number of hydrogen-bond acceptors (Lipinski definition) is 1. The number of ether oxygens (including phenoxy) is 1. The Morgan fingerprint density at radius 2 is 1.94 bits per heavy atom. The van der Waals surface area contributed by atoms with Crippen LogP contribution in [0, 0.1) is 0 Å². The van der Waals surface area contributed by atoms with Gasteiger partial charge in [0.15, 0.2) is 0 Å². The Morgan fingerprint density at radius 1 is 1.28 bits per heavy atom. The number of alkyl halides is 2. The van der Waals surface area contributed by atoms with Crippen molar-refractivity contribution in [3.05, 3.63) is 29.3 Å². The zero-order valence-corrected chi connectivity index (χ0v) is 10.8. The van der Waals surface area contributed by atoms with Gasteiger partial charge in [0.05, 0.1) is 0 Å². The first-order valence-corrected chi connectivity index (χ1v) is 6.59. The molecule has 0 N–H and O–H groups in total. The second kappa shape index (κ2) is 3.69. The topological polar surface area (TPSA) is 9.23 Å². The van der Waals surface area contributed by atoms with Gasteiger partial charge in [-0.3, -0.25) is 0 Å². The summed E-state index contributed by atoms with van der Waals surface area (Å²) in [6.45, 7) is 3.02. The fourth-order valence-corrected chi connectivity index (χ4v) is 2.40. The summed E-state index contributed by atoms with van der Waals surface area (Å²) in [6.07, 6.45) is 1.47. The maximum absolute atomic E-state index is 13.0. The van der Waals surface area contributed by atoms with Crippen molar-refractivity contribution in [1.82, 2.24) is 0 Å². The van der Waals surface area contributed by atoms with E-state index in [0.29, 0.717) is 11.7 Å². The smallest absolute Gasteiger partial charge is 0.394 e. The third-order valence-electron chi connectivity index (χ3n) is 4.01. The van der Waals surface area contributed by atoms with E-state index in [1.165, 1.54) is 18.4 Å². The van der Waals surface area contributed by atoms with E-state index in [1.54, 1.807) is 6.07 Å². The van der Waals surface area contributed by atoms with Gasteiger partial charge in [-0.25, -0.2) is 0 Å². The number of halogens is 2. The molecule has 3 rings (SSSR count). The molecule has 0 spiro atoms. The van der Waals surface area contributed by atoms with Crippen LogP contribution in [-0.2, 0) is 5.41 Å². The summed E-state index contributed by atoms with van der Waals surface area (Å²) in [7, 11) is 0. The molecule has 0 aromatic heterocycles. The Morgan fingerprint density at radius 3 is 2.44 bits per heavy atom. The Kier molecular flexibility index (Phi) is 2.45. The summed E-state index contributed by atoms with van der Waals surface area (Å²) < 4.78 is 30.8. The van der Waals surface area contributed by atoms with Crippen LogP contribution in [0.1, 0.15) is 56.6 Å². The zero-order valence-electron chi connectivity index (χ0n) is 10.8. The van der Waals surface area contributed by atoms with E-state index in [9.17, 15) is 8.78 Å². The molecule has 98 valence electrons. The molecule has 0 radical (unpaired) electrons. The Labute approximate surface area is 106 Å². The average Bonchev–Trinajstić information content (AvgIpc) is 3.11. The van der Waals surface area contributed by atoms with Gasteiger partial charge in [-0.05, 0) is 54.2 Å². The van der Waals surface area contributed by atoms with Gasteiger partial charge in [0, 0.05) is 6.92 Å². The van der Waals surface area contributed by atoms with Crippen LogP contribution in [0.25, 0.3) is 0 Å². The van der Waals surface area contributed by atoms with Crippen LogP contribution in [0.3, 0.4) is 0 Å². The van der Waals surface area contributed by atoms with Gasteiger partial charge in [-0.2, -0.15) is 8.78 Å². The number of hydrogen-bond donors (Lipinski definition) is 0. The SMILES string of the molecule is CC(F)(F)Oc1ccc(C2(C)CC2)cc1C1CC1. The minimum Gasteiger partial charge on any atom is -0.432 e. The molecule has 2 saturated carbocycles. The van der Waals surface area contributed by atoms with Crippen molar-refractivity contribution < 1.29 is 13.5 Å². The van der Waals surface area contributed by atoms with Gasteiger partial charge < -0.3 is 4.74 Å². The molecule has 1 nitrogen and oxygen atoms in total. The maximum atomic E-state index is 13.0. The van der Waals surface area contributed by atoms with Crippen molar-refractivity contribution in [2.24, 2.45) is 0 Å². The Hall–Kier alpha value is -1.12. The van der Waals surface area contributed by atoms with Gasteiger partial charge in [-0.1, -0.05) is 19.1 Å². The van der Waals surface area contributed by atoms with E-state index in [1.807, 2.05) is 6.07 Å². The summed E-state index contributed by atoms with van der Waals surface area (Å²) in [6, 6.07) is 5.76. The predicted octanol–water partition coefficient (Wildman–Crippen LogP) is 4.61. The van der Waals surface area contributed by atoms with Gasteiger partial charge in [0.2, 0.25) is 0 Å². The van der Waals surface area contributed by atoms with E-state index in [-0.39, 0.29) is 5.41 Å². The molecule has 2 fully saturated rings. The quantitative estimate of drug-likeness (QED) is 0.760. The summed E-state index contributed by atoms with van der Waals surface area (Å²) >= 11 is 0. The van der Waals surface area contributed by atoms with Crippen molar-refractivity contribution in [2.45, 2.75) is 57.0 Å². The molecule has 18 heavy (non-hydrogen) atoms. The van der Waals surface area contributed by atoms with Gasteiger partial charge in [0.25, 0.3) is 0 Å². The van der Waals surface area contributed by atoms with Gasteiger partial charge in [-0.15, -0.1) is 0 Å². The largest absolute Gasteiger partial charge is 0.432 e. The second-order valence-electron chi connectivity index (χ2n) is 6.00. The van der Waals surface area contributed by atoms with Crippen LogP contribution < -0.4 is 4.74 Å². The lowest BCUT2D eigenvalue weighted by Crippen LogP contribution is -2.20. The molecule has 1 aromatic rings.